The SMILES string of the molecule is CC/C=C\C/C=C\C/C=C\C/C=C\C/C=C\C/C=C\C/C=C\C/C=C\C/C=C\CCCCCCCC(=O)OC(COC(=O)CCCCC/C=C\C/C=C\C/C=C\C/C=C\C/C=C\C/C=C\C/C=C\CC)COP(=O)([O-])OCC[N+](C)(C)C. The third-order valence-corrected chi connectivity index (χ3v) is 13.1. The van der Waals surface area contributed by atoms with Crippen molar-refractivity contribution in [2.75, 3.05) is 47.5 Å². The number of nitrogens with zero attached hydrogens (tertiary/aromatic N) is 1. The van der Waals surface area contributed by atoms with Crippen molar-refractivity contribution in [1.82, 2.24) is 0 Å². The van der Waals surface area contributed by atoms with Crippen LogP contribution in [0.15, 0.2) is 194 Å². The van der Waals surface area contributed by atoms with Crippen molar-refractivity contribution in [2.24, 2.45) is 0 Å². The van der Waals surface area contributed by atoms with Crippen LogP contribution in [-0.4, -0.2) is 70.0 Å². The zero-order chi connectivity index (χ0) is 59.8. The van der Waals surface area contributed by atoms with Gasteiger partial charge in [0, 0.05) is 12.8 Å². The maximum atomic E-state index is 12.8. The van der Waals surface area contributed by atoms with Crippen LogP contribution >= 0.6 is 7.82 Å². The number of phosphoric ester groups is 1. The van der Waals surface area contributed by atoms with E-state index in [4.69, 9.17) is 18.5 Å². The normalized spacial score (nSPS) is 14.6. The van der Waals surface area contributed by atoms with Crippen LogP contribution in [0.4, 0.5) is 0 Å². The van der Waals surface area contributed by atoms with Crippen LogP contribution < -0.4 is 4.89 Å². The summed E-state index contributed by atoms with van der Waals surface area (Å²) in [5, 5.41) is 0. The molecule has 0 bridgehead atoms. The van der Waals surface area contributed by atoms with Gasteiger partial charge in [0.05, 0.1) is 27.7 Å². The zero-order valence-electron chi connectivity index (χ0n) is 51.8. The molecule has 2 atom stereocenters. The fourth-order valence-electron chi connectivity index (χ4n) is 7.39. The maximum Gasteiger partial charge on any atom is 0.306 e. The molecule has 0 aliphatic heterocycles. The predicted octanol–water partition coefficient (Wildman–Crippen LogP) is 19.5. The molecule has 82 heavy (non-hydrogen) atoms. The second-order valence-electron chi connectivity index (χ2n) is 20.9. The summed E-state index contributed by atoms with van der Waals surface area (Å²) in [5.74, 6) is -0.914. The first-order valence-corrected chi connectivity index (χ1v) is 32.6. The number of carbonyl (C=O) groups excluding carboxylic acids is 2. The van der Waals surface area contributed by atoms with Crippen LogP contribution in [0.2, 0.25) is 0 Å². The number of ether oxygens (including phenoxy) is 2. The summed E-state index contributed by atoms with van der Waals surface area (Å²) >= 11 is 0. The average Bonchev–Trinajstić information content (AvgIpc) is 3.46. The number of likely N-dealkylation sites (N-methyl/N-ethyl adjacent to an activating group) is 1. The highest BCUT2D eigenvalue weighted by atomic mass is 31.2. The summed E-state index contributed by atoms with van der Waals surface area (Å²) < 4.78 is 34.1. The van der Waals surface area contributed by atoms with Gasteiger partial charge in [0.15, 0.2) is 6.10 Å². The molecule has 0 aromatic rings. The molecule has 0 N–H and O–H groups in total. The lowest BCUT2D eigenvalue weighted by molar-refractivity contribution is -0.870. The van der Waals surface area contributed by atoms with Gasteiger partial charge in [0.2, 0.25) is 0 Å². The largest absolute Gasteiger partial charge is 0.756 e. The second kappa shape index (κ2) is 60.4. The van der Waals surface area contributed by atoms with Crippen molar-refractivity contribution in [1.29, 1.82) is 0 Å². The molecule has 0 aliphatic carbocycles. The van der Waals surface area contributed by atoms with Gasteiger partial charge < -0.3 is 27.9 Å². The molecule has 0 fully saturated rings. The predicted molar refractivity (Wildman–Crippen MR) is 350 cm³/mol. The van der Waals surface area contributed by atoms with Gasteiger partial charge in [0.25, 0.3) is 7.82 Å². The standard InChI is InChI=1S/C72H112NO8P/c1-6-8-10-12-14-16-18-20-22-24-26-28-30-32-33-34-35-36-37-38-39-41-43-45-47-49-51-53-55-57-59-61-63-65-72(75)81-70(69-80-82(76,77)79-67-66-73(3,4)5)68-78-71(74)64-62-60-58-56-54-52-50-48-46-44-42-40-31-29-27-25-23-21-19-17-15-13-11-9-7-2/h8-11,14-17,20-23,26-29,32-33,35-36,38-40,42-43,45-46,48-49,51-52,54,70H,6-7,12-13,18-19,24-25,30-31,34,37,41,44,47,50,53,55-69H2,1-5H3/b10-8-,11-9-,16-14-,17-15-,22-20-,23-21-,28-26-,29-27-,33-32-,36-35-,39-38-,42-40-,45-43-,48-46-,51-49-,54-52-. The van der Waals surface area contributed by atoms with Crippen molar-refractivity contribution in [3.63, 3.8) is 0 Å². The number of phosphoric acid groups is 1. The lowest BCUT2D eigenvalue weighted by Crippen LogP contribution is -2.37. The molecule has 9 nitrogen and oxygen atoms in total. The Balaban J connectivity index is 4.32. The van der Waals surface area contributed by atoms with Crippen molar-refractivity contribution >= 4 is 19.8 Å². The Morgan fingerprint density at radius 3 is 0.988 bits per heavy atom. The van der Waals surface area contributed by atoms with E-state index in [1.165, 1.54) is 0 Å². The first-order chi connectivity index (χ1) is 40.0. The van der Waals surface area contributed by atoms with Crippen molar-refractivity contribution in [3.8, 4) is 0 Å². The van der Waals surface area contributed by atoms with Crippen LogP contribution in [0.1, 0.15) is 194 Å². The number of carbonyl (C=O) groups is 2. The molecule has 0 saturated carbocycles. The monoisotopic (exact) mass is 1150 g/mol. The molecule has 0 radical (unpaired) electrons. The molecule has 0 rings (SSSR count). The molecule has 0 aromatic heterocycles. The molecule has 2 unspecified atom stereocenters. The van der Waals surface area contributed by atoms with E-state index in [0.717, 1.165) is 154 Å². The highest BCUT2D eigenvalue weighted by Crippen LogP contribution is 2.38. The highest BCUT2D eigenvalue weighted by molar-refractivity contribution is 7.45. The van der Waals surface area contributed by atoms with Gasteiger partial charge in [-0.05, 0) is 141 Å². The van der Waals surface area contributed by atoms with Crippen molar-refractivity contribution < 1.29 is 42.1 Å². The van der Waals surface area contributed by atoms with Crippen LogP contribution in [0.25, 0.3) is 0 Å². The van der Waals surface area contributed by atoms with Gasteiger partial charge in [-0.15, -0.1) is 0 Å². The lowest BCUT2D eigenvalue weighted by atomic mass is 10.1. The number of quaternary nitrogens is 1. The fraction of sp³-hybridized carbons (Fsp3) is 0.528. The van der Waals surface area contributed by atoms with E-state index in [1.807, 2.05) is 21.1 Å². The molecule has 0 saturated heterocycles. The second-order valence-corrected chi connectivity index (χ2v) is 22.4. The number of allylic oxidation sites excluding steroid dienone is 32. The van der Waals surface area contributed by atoms with Gasteiger partial charge >= 0.3 is 11.9 Å². The average molecular weight is 1150 g/mol. The molecule has 0 aliphatic rings. The molecule has 458 valence electrons. The van der Waals surface area contributed by atoms with Crippen molar-refractivity contribution in [2.45, 2.75) is 200 Å². The van der Waals surface area contributed by atoms with Gasteiger partial charge in [0.1, 0.15) is 19.8 Å². The van der Waals surface area contributed by atoms with E-state index in [1.54, 1.807) is 0 Å². The molecule has 10 heteroatoms. The van der Waals surface area contributed by atoms with E-state index in [9.17, 15) is 19.0 Å². The first kappa shape index (κ1) is 76.9. The topological polar surface area (TPSA) is 111 Å². The van der Waals surface area contributed by atoms with Crippen LogP contribution in [0.5, 0.6) is 0 Å². The summed E-state index contributed by atoms with van der Waals surface area (Å²) in [6, 6.07) is 0. The molecule has 0 heterocycles. The molecule has 0 spiro atoms. The maximum absolute atomic E-state index is 12.8. The minimum absolute atomic E-state index is 0.0532. The number of rotatable bonds is 54. The molecular formula is C72H112NO8P. The Morgan fingerprint density at radius 2 is 0.659 bits per heavy atom. The number of hydrogen-bond donors (Lipinski definition) is 0. The minimum atomic E-state index is -4.67. The van der Waals surface area contributed by atoms with E-state index < -0.39 is 32.5 Å². The summed E-state index contributed by atoms with van der Waals surface area (Å²) in [6.07, 6.45) is 94.8. The Labute approximate surface area is 501 Å². The summed E-state index contributed by atoms with van der Waals surface area (Å²) in [6.45, 7) is 3.91. The summed E-state index contributed by atoms with van der Waals surface area (Å²) in [4.78, 5) is 37.9. The van der Waals surface area contributed by atoms with Gasteiger partial charge in [-0.1, -0.05) is 234 Å². The molecule has 0 amide bonds. The Hall–Kier alpha value is -5.15. The van der Waals surface area contributed by atoms with Gasteiger partial charge in [-0.25, -0.2) is 0 Å². The van der Waals surface area contributed by atoms with Crippen LogP contribution in [0.3, 0.4) is 0 Å². The minimum Gasteiger partial charge on any atom is -0.756 e. The van der Waals surface area contributed by atoms with E-state index in [2.05, 4.69) is 208 Å². The smallest absolute Gasteiger partial charge is 0.306 e. The third kappa shape index (κ3) is 64.0. The van der Waals surface area contributed by atoms with Crippen molar-refractivity contribution in [3.05, 3.63) is 194 Å². The Morgan fingerprint density at radius 1 is 0.378 bits per heavy atom. The molecular weight excluding hydrogens is 1040 g/mol. The highest BCUT2D eigenvalue weighted by Gasteiger charge is 2.21. The first-order valence-electron chi connectivity index (χ1n) is 31.1. The Kier molecular flexibility index (Phi) is 56.6. The van der Waals surface area contributed by atoms with E-state index in [-0.39, 0.29) is 26.1 Å². The van der Waals surface area contributed by atoms with Gasteiger partial charge in [-0.3, -0.25) is 14.2 Å². The zero-order valence-corrected chi connectivity index (χ0v) is 52.7. The number of esters is 2. The van der Waals surface area contributed by atoms with Crippen LogP contribution in [0, 0.1) is 0 Å². The van der Waals surface area contributed by atoms with Crippen LogP contribution in [-0.2, 0) is 32.7 Å². The quantitative estimate of drug-likeness (QED) is 0.0195. The summed E-state index contributed by atoms with van der Waals surface area (Å²) in [7, 11) is 1.10. The summed E-state index contributed by atoms with van der Waals surface area (Å²) in [5.41, 5.74) is 0. The number of hydrogen-bond acceptors (Lipinski definition) is 8. The van der Waals surface area contributed by atoms with Gasteiger partial charge in [-0.2, -0.15) is 0 Å². The fourth-order valence-corrected chi connectivity index (χ4v) is 8.12. The third-order valence-electron chi connectivity index (χ3n) is 12.1. The number of unbranched alkanes of at least 4 members (excludes halogenated alkanes) is 8. The van der Waals surface area contributed by atoms with E-state index in [0.29, 0.717) is 23.9 Å². The van der Waals surface area contributed by atoms with E-state index >= 15 is 0 Å². The lowest BCUT2D eigenvalue weighted by Gasteiger charge is -2.28. The Bertz CT molecular complexity index is 2080. The molecule has 0 aromatic carbocycles.